The molecule has 1 N–H and O–H groups in total. The fourth-order valence-corrected chi connectivity index (χ4v) is 4.98. The Labute approximate surface area is 177 Å². The summed E-state index contributed by atoms with van der Waals surface area (Å²) in [4.78, 5) is 27.0. The van der Waals surface area contributed by atoms with Crippen molar-refractivity contribution < 1.29 is 14.7 Å². The third-order valence-corrected chi connectivity index (χ3v) is 6.82. The molecule has 0 radical (unpaired) electrons. The van der Waals surface area contributed by atoms with Crippen molar-refractivity contribution in [3.8, 4) is 0 Å². The van der Waals surface area contributed by atoms with Gasteiger partial charge in [0.05, 0.1) is 0 Å². The molecule has 1 atom stereocenters. The minimum Gasteiger partial charge on any atom is -0.477 e. The lowest BCUT2D eigenvalue weighted by molar-refractivity contribution is -0.117. The molecule has 156 valence electrons. The molecule has 1 aliphatic heterocycles. The first kappa shape index (κ1) is 21.6. The summed E-state index contributed by atoms with van der Waals surface area (Å²) in [7, 11) is 0. The number of carboxylic acids is 1. The van der Waals surface area contributed by atoms with Crippen LogP contribution in [0, 0.1) is 0 Å². The van der Waals surface area contributed by atoms with E-state index in [4.69, 9.17) is 5.11 Å². The number of rotatable bonds is 11. The second kappa shape index (κ2) is 10.6. The van der Waals surface area contributed by atoms with Gasteiger partial charge in [-0.3, -0.25) is 4.79 Å². The lowest BCUT2D eigenvalue weighted by Gasteiger charge is -2.25. The van der Waals surface area contributed by atoms with Gasteiger partial charge in [-0.2, -0.15) is 0 Å². The van der Waals surface area contributed by atoms with Crippen molar-refractivity contribution in [1.82, 2.24) is 0 Å². The van der Waals surface area contributed by atoms with Crippen LogP contribution in [0.1, 0.15) is 78.4 Å². The third kappa shape index (κ3) is 5.92. The first-order valence-corrected chi connectivity index (χ1v) is 11.6. The van der Waals surface area contributed by atoms with Crippen molar-refractivity contribution in [1.29, 1.82) is 0 Å². The molecule has 29 heavy (non-hydrogen) atoms. The number of carbonyl (C=O) groups is 2. The highest BCUT2D eigenvalue weighted by Crippen LogP contribution is 2.30. The maximum atomic E-state index is 12.5. The standard InChI is InChI=1S/C24H31NO3S/c1-2-3-4-5-7-18-10-12-20(13-11-18)25-19(14-17-23(25)26)8-6-9-21-15-16-22(29-21)24(27)28/h10-13,15-16,19H,2-9,14,17H2,1H3,(H,27,28). The average Bonchev–Trinajstić information content (AvgIpc) is 3.33. The van der Waals surface area contributed by atoms with Crippen LogP contribution >= 0.6 is 11.3 Å². The number of nitrogens with zero attached hydrogens (tertiary/aromatic N) is 1. The summed E-state index contributed by atoms with van der Waals surface area (Å²) >= 11 is 1.35. The second-order valence-electron chi connectivity index (χ2n) is 7.90. The van der Waals surface area contributed by atoms with E-state index in [0.29, 0.717) is 11.3 Å². The zero-order valence-electron chi connectivity index (χ0n) is 17.2. The van der Waals surface area contributed by atoms with Crippen molar-refractivity contribution in [2.75, 3.05) is 4.90 Å². The smallest absolute Gasteiger partial charge is 0.345 e. The van der Waals surface area contributed by atoms with Crippen molar-refractivity contribution in [2.45, 2.75) is 77.2 Å². The topological polar surface area (TPSA) is 57.6 Å². The lowest BCUT2D eigenvalue weighted by Crippen LogP contribution is -2.32. The molecule has 0 spiro atoms. The van der Waals surface area contributed by atoms with E-state index in [1.54, 1.807) is 6.07 Å². The van der Waals surface area contributed by atoms with E-state index in [1.807, 2.05) is 11.0 Å². The van der Waals surface area contributed by atoms with E-state index in [9.17, 15) is 9.59 Å². The van der Waals surface area contributed by atoms with Gasteiger partial charge in [0.15, 0.2) is 0 Å². The first-order chi connectivity index (χ1) is 14.1. The predicted octanol–water partition coefficient (Wildman–Crippen LogP) is 6.09. The van der Waals surface area contributed by atoms with E-state index >= 15 is 0 Å². The Balaban J connectivity index is 1.53. The summed E-state index contributed by atoms with van der Waals surface area (Å²) in [5.41, 5.74) is 2.36. The maximum absolute atomic E-state index is 12.5. The highest BCUT2D eigenvalue weighted by Gasteiger charge is 2.31. The molecule has 3 rings (SSSR count). The van der Waals surface area contributed by atoms with Crippen LogP contribution in [0.25, 0.3) is 0 Å². The van der Waals surface area contributed by atoms with Crippen LogP contribution in [0.4, 0.5) is 5.69 Å². The molecule has 1 aromatic heterocycles. The highest BCUT2D eigenvalue weighted by atomic mass is 32.1. The maximum Gasteiger partial charge on any atom is 0.345 e. The van der Waals surface area contributed by atoms with E-state index in [-0.39, 0.29) is 11.9 Å². The number of carbonyl (C=O) groups excluding carboxylic acids is 1. The number of amides is 1. The van der Waals surface area contributed by atoms with Crippen LogP contribution < -0.4 is 4.90 Å². The molecule has 0 aliphatic carbocycles. The quantitative estimate of drug-likeness (QED) is 0.454. The number of hydrogen-bond donors (Lipinski definition) is 1. The Morgan fingerprint density at radius 3 is 2.55 bits per heavy atom. The number of carboxylic acid groups (broad SMARTS) is 1. The fraction of sp³-hybridized carbons (Fsp3) is 0.500. The number of aromatic carboxylic acids is 1. The van der Waals surface area contributed by atoms with Crippen LogP contribution in [-0.2, 0) is 17.6 Å². The summed E-state index contributed by atoms with van der Waals surface area (Å²) in [6.07, 6.45) is 10.5. The van der Waals surface area contributed by atoms with Gasteiger partial charge < -0.3 is 10.0 Å². The van der Waals surface area contributed by atoms with E-state index in [0.717, 1.165) is 42.7 Å². The molecular weight excluding hydrogens is 382 g/mol. The lowest BCUT2D eigenvalue weighted by atomic mass is 10.0. The molecule has 5 heteroatoms. The Hall–Kier alpha value is -2.14. The number of aryl methyl sites for hydroxylation is 2. The van der Waals surface area contributed by atoms with E-state index < -0.39 is 5.97 Å². The number of unbranched alkanes of at least 4 members (excludes halogenated alkanes) is 3. The zero-order chi connectivity index (χ0) is 20.6. The van der Waals surface area contributed by atoms with Crippen molar-refractivity contribution in [3.05, 3.63) is 51.7 Å². The average molecular weight is 414 g/mol. The molecule has 1 unspecified atom stereocenters. The molecule has 0 saturated carbocycles. The molecule has 1 aromatic carbocycles. The number of thiophene rings is 1. The summed E-state index contributed by atoms with van der Waals surface area (Å²) in [6, 6.07) is 12.4. The summed E-state index contributed by atoms with van der Waals surface area (Å²) in [6.45, 7) is 2.23. The van der Waals surface area contributed by atoms with Gasteiger partial charge in [0, 0.05) is 23.0 Å². The molecule has 1 amide bonds. The molecule has 4 nitrogen and oxygen atoms in total. The summed E-state index contributed by atoms with van der Waals surface area (Å²) in [5, 5.41) is 9.04. The molecule has 1 fully saturated rings. The van der Waals surface area contributed by atoms with Gasteiger partial charge in [0.2, 0.25) is 5.91 Å². The molecule has 2 aromatic rings. The van der Waals surface area contributed by atoms with Gasteiger partial charge in [0.1, 0.15) is 4.88 Å². The molecule has 2 heterocycles. The Kier molecular flexibility index (Phi) is 7.87. The largest absolute Gasteiger partial charge is 0.477 e. The van der Waals surface area contributed by atoms with Crippen LogP contribution in [0.5, 0.6) is 0 Å². The van der Waals surface area contributed by atoms with Crippen molar-refractivity contribution >= 4 is 28.9 Å². The first-order valence-electron chi connectivity index (χ1n) is 10.8. The third-order valence-electron chi connectivity index (χ3n) is 5.69. The van der Waals surface area contributed by atoms with Crippen LogP contribution in [-0.4, -0.2) is 23.0 Å². The number of anilines is 1. The number of benzene rings is 1. The molecule has 1 aliphatic rings. The minimum atomic E-state index is -0.859. The van der Waals surface area contributed by atoms with E-state index in [2.05, 4.69) is 31.2 Å². The SMILES string of the molecule is CCCCCCc1ccc(N2C(=O)CCC2CCCc2ccc(C(=O)O)s2)cc1. The van der Waals surface area contributed by atoms with E-state index in [1.165, 1.54) is 42.6 Å². The minimum absolute atomic E-state index is 0.218. The van der Waals surface area contributed by atoms with Gasteiger partial charge in [-0.25, -0.2) is 4.79 Å². The molecular formula is C24H31NO3S. The Morgan fingerprint density at radius 1 is 1.07 bits per heavy atom. The highest BCUT2D eigenvalue weighted by molar-refractivity contribution is 7.13. The summed E-state index contributed by atoms with van der Waals surface area (Å²) < 4.78 is 0. The van der Waals surface area contributed by atoms with Crippen LogP contribution in [0.15, 0.2) is 36.4 Å². The van der Waals surface area contributed by atoms with Crippen LogP contribution in [0.2, 0.25) is 0 Å². The fourth-order valence-electron chi connectivity index (χ4n) is 4.09. The summed E-state index contributed by atoms with van der Waals surface area (Å²) in [5.74, 6) is -0.641. The zero-order valence-corrected chi connectivity index (χ0v) is 18.0. The second-order valence-corrected chi connectivity index (χ2v) is 9.07. The van der Waals surface area contributed by atoms with Gasteiger partial charge in [-0.15, -0.1) is 11.3 Å². The van der Waals surface area contributed by atoms with Gasteiger partial charge >= 0.3 is 5.97 Å². The van der Waals surface area contributed by atoms with Crippen molar-refractivity contribution in [3.63, 3.8) is 0 Å². The molecule has 0 bridgehead atoms. The van der Waals surface area contributed by atoms with Gasteiger partial charge in [0.25, 0.3) is 0 Å². The normalized spacial score (nSPS) is 16.5. The van der Waals surface area contributed by atoms with Gasteiger partial charge in [-0.05, 0) is 68.4 Å². The predicted molar refractivity (Wildman–Crippen MR) is 119 cm³/mol. The van der Waals surface area contributed by atoms with Crippen molar-refractivity contribution in [2.24, 2.45) is 0 Å². The number of hydrogen-bond acceptors (Lipinski definition) is 3. The van der Waals surface area contributed by atoms with Crippen LogP contribution in [0.3, 0.4) is 0 Å². The van der Waals surface area contributed by atoms with Gasteiger partial charge in [-0.1, -0.05) is 38.3 Å². The molecule has 1 saturated heterocycles. The monoisotopic (exact) mass is 413 g/mol. The Bertz CT molecular complexity index is 812. The Morgan fingerprint density at radius 2 is 1.86 bits per heavy atom.